The van der Waals surface area contributed by atoms with E-state index in [1.807, 2.05) is 0 Å². The predicted molar refractivity (Wildman–Crippen MR) is 66.0 cm³/mol. The van der Waals surface area contributed by atoms with E-state index in [2.05, 4.69) is 0 Å². The van der Waals surface area contributed by atoms with Crippen LogP contribution in [0.15, 0.2) is 0 Å². The molecule has 3 nitrogen and oxygen atoms in total. The lowest BCUT2D eigenvalue weighted by Gasteiger charge is -2.40. The molecule has 0 saturated carbocycles. The maximum atomic E-state index is 13.5. The van der Waals surface area contributed by atoms with Crippen molar-refractivity contribution in [2.75, 3.05) is 32.8 Å². The Hall–Kier alpha value is -1.03. The Bertz CT molecular complexity index is 500. The third-order valence-electron chi connectivity index (χ3n) is 3.57. The summed E-state index contributed by atoms with van der Waals surface area (Å²) < 4.78 is 167. The molecule has 0 atom stereocenters. The summed E-state index contributed by atoms with van der Waals surface area (Å²) in [5, 5.41) is 17.2. The van der Waals surface area contributed by atoms with Crippen LogP contribution in [0.3, 0.4) is 0 Å². The maximum Gasteiger partial charge on any atom is 0.460 e. The number of hydrogen-bond acceptors (Lipinski definition) is 3. The van der Waals surface area contributed by atoms with E-state index in [4.69, 9.17) is 10.2 Å². The highest BCUT2D eigenvalue weighted by molar-refractivity contribution is 5.10. The standard InChI is InChI=1S/C12H14F13NO2/c13-7(14,1-2-26(3-5-27)4-6-28)8(15,16)9(17,18)10(19,20)11(21,22)12(23,24)25/h27-28H,1-6H2. The second kappa shape index (κ2) is 8.38. The van der Waals surface area contributed by atoms with Gasteiger partial charge in [0.2, 0.25) is 0 Å². The van der Waals surface area contributed by atoms with Crippen molar-refractivity contribution in [3.05, 3.63) is 0 Å². The van der Waals surface area contributed by atoms with Crippen LogP contribution in [0.25, 0.3) is 0 Å². The van der Waals surface area contributed by atoms with Gasteiger partial charge < -0.3 is 10.2 Å². The number of rotatable bonds is 11. The summed E-state index contributed by atoms with van der Waals surface area (Å²) in [7, 11) is 0. The minimum atomic E-state index is -7.92. The first-order valence-electron chi connectivity index (χ1n) is 7.14. The van der Waals surface area contributed by atoms with Gasteiger partial charge in [-0.15, -0.1) is 0 Å². The zero-order chi connectivity index (χ0) is 22.8. The van der Waals surface area contributed by atoms with Crippen molar-refractivity contribution in [3.63, 3.8) is 0 Å². The van der Waals surface area contributed by atoms with Gasteiger partial charge in [0.25, 0.3) is 0 Å². The number of aliphatic hydroxyl groups is 2. The van der Waals surface area contributed by atoms with Crippen molar-refractivity contribution in [3.8, 4) is 0 Å². The van der Waals surface area contributed by atoms with Crippen LogP contribution in [0, 0.1) is 0 Å². The molecule has 0 saturated heterocycles. The van der Waals surface area contributed by atoms with E-state index in [1.54, 1.807) is 0 Å². The number of hydrogen-bond donors (Lipinski definition) is 2. The molecule has 0 aromatic heterocycles. The van der Waals surface area contributed by atoms with E-state index in [9.17, 15) is 57.1 Å². The number of nitrogens with zero attached hydrogens (tertiary/aromatic N) is 1. The normalized spacial score (nSPS) is 15.4. The lowest BCUT2D eigenvalue weighted by atomic mass is 9.92. The number of halogens is 13. The molecule has 0 amide bonds. The Kier molecular flexibility index (Phi) is 8.07. The molecular weight excluding hydrogens is 437 g/mol. The Labute approximate surface area is 148 Å². The molecule has 0 unspecified atom stereocenters. The van der Waals surface area contributed by atoms with Gasteiger partial charge in [0.15, 0.2) is 0 Å². The van der Waals surface area contributed by atoms with Crippen LogP contribution in [0.2, 0.25) is 0 Å². The van der Waals surface area contributed by atoms with Crippen LogP contribution in [-0.2, 0) is 0 Å². The van der Waals surface area contributed by atoms with Crippen LogP contribution in [0.1, 0.15) is 6.42 Å². The average Bonchev–Trinajstić information content (AvgIpc) is 2.51. The first-order valence-corrected chi connectivity index (χ1v) is 7.14. The van der Waals surface area contributed by atoms with Gasteiger partial charge in [-0.05, 0) is 0 Å². The Morgan fingerprint density at radius 1 is 0.500 bits per heavy atom. The SMILES string of the molecule is OCCN(CCO)CCC(F)(F)C(F)(F)C(F)(F)C(F)(F)C(F)(F)C(F)(F)F. The second-order valence-corrected chi connectivity index (χ2v) is 5.54. The van der Waals surface area contributed by atoms with E-state index in [1.165, 1.54) is 0 Å². The van der Waals surface area contributed by atoms with Crippen LogP contribution < -0.4 is 0 Å². The molecule has 0 spiro atoms. The first-order chi connectivity index (χ1) is 12.2. The molecule has 0 aliphatic heterocycles. The molecule has 170 valence electrons. The van der Waals surface area contributed by atoms with Gasteiger partial charge >= 0.3 is 35.8 Å². The summed E-state index contributed by atoms with van der Waals surface area (Å²) in [4.78, 5) is 0.602. The van der Waals surface area contributed by atoms with E-state index in [-0.39, 0.29) is 0 Å². The van der Waals surface area contributed by atoms with Crippen LogP contribution in [0.5, 0.6) is 0 Å². The monoisotopic (exact) mass is 451 g/mol. The highest BCUT2D eigenvalue weighted by atomic mass is 19.4. The topological polar surface area (TPSA) is 43.7 Å². The van der Waals surface area contributed by atoms with E-state index < -0.39 is 75.1 Å². The zero-order valence-electron chi connectivity index (χ0n) is 13.5. The minimum absolute atomic E-state index is 0.555. The molecule has 0 aliphatic carbocycles. The van der Waals surface area contributed by atoms with Gasteiger partial charge in [-0.2, -0.15) is 57.1 Å². The molecule has 0 rings (SSSR count). The van der Waals surface area contributed by atoms with Crippen molar-refractivity contribution in [1.82, 2.24) is 4.90 Å². The summed E-state index contributed by atoms with van der Waals surface area (Å²) in [6.45, 7) is -4.00. The summed E-state index contributed by atoms with van der Waals surface area (Å²) >= 11 is 0. The molecule has 0 radical (unpaired) electrons. The lowest BCUT2D eigenvalue weighted by molar-refractivity contribution is -0.440. The van der Waals surface area contributed by atoms with E-state index in [0.29, 0.717) is 4.90 Å². The van der Waals surface area contributed by atoms with Gasteiger partial charge in [0.1, 0.15) is 0 Å². The van der Waals surface area contributed by atoms with Crippen LogP contribution >= 0.6 is 0 Å². The van der Waals surface area contributed by atoms with Crippen molar-refractivity contribution in [1.29, 1.82) is 0 Å². The molecule has 0 bridgehead atoms. The van der Waals surface area contributed by atoms with Crippen molar-refractivity contribution in [2.24, 2.45) is 0 Å². The molecule has 0 heterocycles. The van der Waals surface area contributed by atoms with E-state index >= 15 is 0 Å². The summed E-state index contributed by atoms with van der Waals surface area (Å²) in [6.07, 6.45) is -9.83. The average molecular weight is 451 g/mol. The van der Waals surface area contributed by atoms with Gasteiger partial charge in [-0.1, -0.05) is 0 Å². The smallest absolute Gasteiger partial charge is 0.395 e. The van der Waals surface area contributed by atoms with Crippen LogP contribution in [-0.4, -0.2) is 83.7 Å². The Morgan fingerprint density at radius 2 is 0.857 bits per heavy atom. The second-order valence-electron chi connectivity index (χ2n) is 5.54. The van der Waals surface area contributed by atoms with Crippen molar-refractivity contribution in [2.45, 2.75) is 42.2 Å². The highest BCUT2D eigenvalue weighted by Gasteiger charge is 2.90. The molecule has 28 heavy (non-hydrogen) atoms. The van der Waals surface area contributed by atoms with Gasteiger partial charge in [0.05, 0.1) is 13.2 Å². The number of aliphatic hydroxyl groups excluding tert-OH is 2. The quantitative estimate of drug-likeness (QED) is 0.474. The largest absolute Gasteiger partial charge is 0.460 e. The summed E-state index contributed by atoms with van der Waals surface area (Å²) in [6, 6.07) is 0. The lowest BCUT2D eigenvalue weighted by Crippen LogP contribution is -2.70. The zero-order valence-corrected chi connectivity index (χ0v) is 13.5. The van der Waals surface area contributed by atoms with E-state index in [0.717, 1.165) is 0 Å². The maximum absolute atomic E-state index is 13.5. The minimum Gasteiger partial charge on any atom is -0.395 e. The summed E-state index contributed by atoms with van der Waals surface area (Å²) in [5.41, 5.74) is 0. The highest BCUT2D eigenvalue weighted by Crippen LogP contribution is 2.60. The fourth-order valence-corrected chi connectivity index (χ4v) is 1.88. The fraction of sp³-hybridized carbons (Fsp3) is 1.00. The third-order valence-corrected chi connectivity index (χ3v) is 3.57. The van der Waals surface area contributed by atoms with Gasteiger partial charge in [-0.25, -0.2) is 0 Å². The number of alkyl halides is 13. The van der Waals surface area contributed by atoms with Gasteiger partial charge in [0, 0.05) is 26.1 Å². The molecule has 0 aromatic carbocycles. The molecule has 16 heteroatoms. The summed E-state index contributed by atoms with van der Waals surface area (Å²) in [5.74, 6) is -36.9. The third kappa shape index (κ3) is 4.58. The molecule has 0 aliphatic rings. The first kappa shape index (κ1) is 27.0. The Balaban J connectivity index is 5.85. The van der Waals surface area contributed by atoms with Crippen molar-refractivity contribution >= 4 is 0 Å². The molecule has 0 aromatic rings. The fourth-order valence-electron chi connectivity index (χ4n) is 1.88. The molecule has 0 fully saturated rings. The van der Waals surface area contributed by atoms with Gasteiger partial charge in [-0.3, -0.25) is 4.90 Å². The molecule has 2 N–H and O–H groups in total. The molecular formula is C12H14F13NO2. The predicted octanol–water partition coefficient (Wildman–Crippen LogP) is 3.40. The Morgan fingerprint density at radius 3 is 1.18 bits per heavy atom. The van der Waals surface area contributed by atoms with Crippen LogP contribution in [0.4, 0.5) is 57.1 Å². The van der Waals surface area contributed by atoms with Crippen molar-refractivity contribution < 1.29 is 67.3 Å².